The Hall–Kier alpha value is -3.15. The predicted octanol–water partition coefficient (Wildman–Crippen LogP) is 3.88. The van der Waals surface area contributed by atoms with E-state index in [1.165, 1.54) is 0 Å². The summed E-state index contributed by atoms with van der Waals surface area (Å²) in [5.74, 6) is 3.39. The van der Waals surface area contributed by atoms with Crippen molar-refractivity contribution in [2.45, 2.75) is 6.92 Å². The lowest BCUT2D eigenvalue weighted by Crippen LogP contribution is -2.01. The maximum atomic E-state index is 5.46. The van der Waals surface area contributed by atoms with Gasteiger partial charge < -0.3 is 18.9 Å². The molecular weight excluding hydrogens is 332 g/mol. The van der Waals surface area contributed by atoms with Gasteiger partial charge in [0.15, 0.2) is 11.5 Å². The van der Waals surface area contributed by atoms with Gasteiger partial charge in [0.2, 0.25) is 5.75 Å². The normalized spacial score (nSPS) is 10.5. The third kappa shape index (κ3) is 3.06. The number of hydrogen-bond donors (Lipinski definition) is 0. The molecule has 26 heavy (non-hydrogen) atoms. The molecule has 0 atom stereocenters. The van der Waals surface area contributed by atoms with Gasteiger partial charge in [0.1, 0.15) is 11.6 Å². The summed E-state index contributed by atoms with van der Waals surface area (Å²) in [5.41, 5.74) is 2.90. The molecule has 0 radical (unpaired) electrons. The number of benzene rings is 2. The Morgan fingerprint density at radius 2 is 1.46 bits per heavy atom. The minimum absolute atomic E-state index is 0.556. The molecule has 1 heterocycles. The molecule has 0 fully saturated rings. The second kappa shape index (κ2) is 7.39. The first-order valence-electron chi connectivity index (χ1n) is 8.11. The summed E-state index contributed by atoms with van der Waals surface area (Å²) in [5, 5.41) is 0. The molecule has 3 aromatic rings. The highest BCUT2D eigenvalue weighted by atomic mass is 16.5. The van der Waals surface area contributed by atoms with Gasteiger partial charge in [0, 0.05) is 30.1 Å². The number of rotatable bonds is 6. The summed E-state index contributed by atoms with van der Waals surface area (Å²) in [6, 6.07) is 9.77. The van der Waals surface area contributed by atoms with Gasteiger partial charge in [0.05, 0.1) is 34.1 Å². The average Bonchev–Trinajstić information content (AvgIpc) is 3.16. The molecule has 0 spiro atoms. The molecule has 1 aromatic heterocycles. The van der Waals surface area contributed by atoms with E-state index >= 15 is 0 Å². The van der Waals surface area contributed by atoms with Gasteiger partial charge in [-0.25, -0.2) is 4.98 Å². The Morgan fingerprint density at radius 1 is 0.808 bits per heavy atom. The topological polar surface area (TPSA) is 54.7 Å². The second-order valence-electron chi connectivity index (χ2n) is 5.69. The highest BCUT2D eigenvalue weighted by Crippen LogP contribution is 2.40. The standard InChI is InChI=1S/C20H22N2O4/c1-13-10-14(6-7-16(13)23-2)20-21-8-9-22(20)15-11-17(24-3)19(26-5)18(12-15)25-4/h6-12H,1-5H3. The van der Waals surface area contributed by atoms with Gasteiger partial charge in [-0.2, -0.15) is 0 Å². The molecule has 6 heteroatoms. The fraction of sp³-hybridized carbons (Fsp3) is 0.250. The predicted molar refractivity (Wildman–Crippen MR) is 99.9 cm³/mol. The van der Waals surface area contributed by atoms with Crippen molar-refractivity contribution < 1.29 is 18.9 Å². The van der Waals surface area contributed by atoms with Crippen LogP contribution in [0.2, 0.25) is 0 Å². The number of nitrogens with zero attached hydrogens (tertiary/aromatic N) is 2. The number of imidazole rings is 1. The van der Waals surface area contributed by atoms with E-state index in [2.05, 4.69) is 11.1 Å². The number of aryl methyl sites for hydroxylation is 1. The van der Waals surface area contributed by atoms with Gasteiger partial charge in [-0.1, -0.05) is 0 Å². The molecule has 3 rings (SSSR count). The Bertz CT molecular complexity index is 893. The zero-order valence-electron chi connectivity index (χ0n) is 15.6. The molecule has 0 aliphatic rings. The van der Waals surface area contributed by atoms with Crippen LogP contribution in [0, 0.1) is 6.92 Å². The number of ether oxygens (including phenoxy) is 4. The molecular formula is C20H22N2O4. The van der Waals surface area contributed by atoms with Crippen molar-refractivity contribution in [3.63, 3.8) is 0 Å². The fourth-order valence-electron chi connectivity index (χ4n) is 2.95. The first-order chi connectivity index (χ1) is 12.6. The highest BCUT2D eigenvalue weighted by Gasteiger charge is 2.16. The van der Waals surface area contributed by atoms with Crippen molar-refractivity contribution in [3.05, 3.63) is 48.3 Å². The molecule has 136 valence electrons. The lowest BCUT2D eigenvalue weighted by Gasteiger charge is -2.16. The van der Waals surface area contributed by atoms with Crippen molar-refractivity contribution in [2.75, 3.05) is 28.4 Å². The van der Waals surface area contributed by atoms with Crippen molar-refractivity contribution in [2.24, 2.45) is 0 Å². The maximum Gasteiger partial charge on any atom is 0.203 e. The minimum Gasteiger partial charge on any atom is -0.496 e. The molecule has 0 N–H and O–H groups in total. The third-order valence-electron chi connectivity index (χ3n) is 4.22. The van der Waals surface area contributed by atoms with Gasteiger partial charge in [-0.3, -0.25) is 4.57 Å². The summed E-state index contributed by atoms with van der Waals surface area (Å²) >= 11 is 0. The smallest absolute Gasteiger partial charge is 0.203 e. The number of aromatic nitrogens is 2. The van der Waals surface area contributed by atoms with E-state index in [4.69, 9.17) is 18.9 Å². The van der Waals surface area contributed by atoms with Crippen molar-refractivity contribution >= 4 is 0 Å². The second-order valence-corrected chi connectivity index (χ2v) is 5.69. The molecule has 0 saturated heterocycles. The lowest BCUT2D eigenvalue weighted by atomic mass is 10.1. The molecule has 0 saturated carbocycles. The minimum atomic E-state index is 0.556. The summed E-state index contributed by atoms with van der Waals surface area (Å²) in [4.78, 5) is 4.52. The molecule has 0 aliphatic heterocycles. The Morgan fingerprint density at radius 3 is 2.00 bits per heavy atom. The maximum absolute atomic E-state index is 5.46. The Labute approximate surface area is 152 Å². The lowest BCUT2D eigenvalue weighted by molar-refractivity contribution is 0.324. The van der Waals surface area contributed by atoms with E-state index in [-0.39, 0.29) is 0 Å². The van der Waals surface area contributed by atoms with Crippen LogP contribution in [0.25, 0.3) is 17.1 Å². The van der Waals surface area contributed by atoms with Gasteiger partial charge in [-0.15, -0.1) is 0 Å². The van der Waals surface area contributed by atoms with E-state index < -0.39 is 0 Å². The van der Waals surface area contributed by atoms with Crippen molar-refractivity contribution in [1.29, 1.82) is 0 Å². The van der Waals surface area contributed by atoms with Crippen LogP contribution in [0.5, 0.6) is 23.0 Å². The average molecular weight is 354 g/mol. The SMILES string of the molecule is COc1ccc(-c2nccn2-c2cc(OC)c(OC)c(OC)c2)cc1C. The van der Waals surface area contributed by atoms with E-state index in [9.17, 15) is 0 Å². The van der Waals surface area contributed by atoms with Gasteiger partial charge in [-0.05, 0) is 30.7 Å². The molecule has 0 bridgehead atoms. The van der Waals surface area contributed by atoms with E-state index in [0.29, 0.717) is 17.2 Å². The summed E-state index contributed by atoms with van der Waals surface area (Å²) in [7, 11) is 6.45. The number of methoxy groups -OCH3 is 4. The van der Waals surface area contributed by atoms with E-state index in [1.807, 2.05) is 42.0 Å². The van der Waals surface area contributed by atoms with Crippen LogP contribution in [-0.2, 0) is 0 Å². The molecule has 6 nitrogen and oxygen atoms in total. The van der Waals surface area contributed by atoms with Crippen LogP contribution in [0.3, 0.4) is 0 Å². The quantitative estimate of drug-likeness (QED) is 0.672. The van der Waals surface area contributed by atoms with Crippen LogP contribution in [0.4, 0.5) is 0 Å². The highest BCUT2D eigenvalue weighted by molar-refractivity contribution is 5.64. The van der Waals surface area contributed by atoms with Crippen molar-refractivity contribution in [1.82, 2.24) is 9.55 Å². The van der Waals surface area contributed by atoms with Gasteiger partial charge in [0.25, 0.3) is 0 Å². The molecule has 2 aromatic carbocycles. The Balaban J connectivity index is 2.13. The van der Waals surface area contributed by atoms with E-state index in [1.54, 1.807) is 34.6 Å². The monoisotopic (exact) mass is 354 g/mol. The largest absolute Gasteiger partial charge is 0.496 e. The zero-order valence-corrected chi connectivity index (χ0v) is 15.6. The summed E-state index contributed by atoms with van der Waals surface area (Å²) in [6.07, 6.45) is 3.66. The zero-order chi connectivity index (χ0) is 18.7. The van der Waals surface area contributed by atoms with Crippen LogP contribution >= 0.6 is 0 Å². The van der Waals surface area contributed by atoms with Gasteiger partial charge >= 0.3 is 0 Å². The van der Waals surface area contributed by atoms with Crippen LogP contribution in [0.15, 0.2) is 42.7 Å². The first-order valence-corrected chi connectivity index (χ1v) is 8.11. The Kier molecular flexibility index (Phi) is 5.02. The molecule has 0 unspecified atom stereocenters. The van der Waals surface area contributed by atoms with Crippen LogP contribution in [0.1, 0.15) is 5.56 Å². The molecule has 0 aliphatic carbocycles. The fourth-order valence-corrected chi connectivity index (χ4v) is 2.95. The summed E-state index contributed by atoms with van der Waals surface area (Å²) < 4.78 is 23.6. The molecule has 0 amide bonds. The summed E-state index contributed by atoms with van der Waals surface area (Å²) in [6.45, 7) is 2.01. The van der Waals surface area contributed by atoms with E-state index in [0.717, 1.165) is 28.4 Å². The first kappa shape index (κ1) is 17.7. The van der Waals surface area contributed by atoms with Crippen molar-refractivity contribution in [3.8, 4) is 40.1 Å². The third-order valence-corrected chi connectivity index (χ3v) is 4.22. The number of hydrogen-bond acceptors (Lipinski definition) is 5. The van der Waals surface area contributed by atoms with Crippen LogP contribution in [-0.4, -0.2) is 38.0 Å². The van der Waals surface area contributed by atoms with Crippen LogP contribution < -0.4 is 18.9 Å².